The zero-order valence-corrected chi connectivity index (χ0v) is 9.34. The van der Waals surface area contributed by atoms with E-state index in [1.807, 2.05) is 0 Å². The van der Waals surface area contributed by atoms with Crippen LogP contribution in [0.3, 0.4) is 0 Å². The molecule has 7 nitrogen and oxygen atoms in total. The summed E-state index contributed by atoms with van der Waals surface area (Å²) in [5, 5.41) is 0.911. The van der Waals surface area contributed by atoms with Crippen LogP contribution in [-0.4, -0.2) is 47.6 Å². The van der Waals surface area contributed by atoms with Gasteiger partial charge in [-0.1, -0.05) is 0 Å². The molecule has 1 aliphatic carbocycles. The second kappa shape index (κ2) is 2.92. The predicted octanol–water partition coefficient (Wildman–Crippen LogP) is -2.03. The molecule has 1 saturated carbocycles. The topological polar surface area (TPSA) is 86.8 Å². The van der Waals surface area contributed by atoms with Gasteiger partial charge in [-0.05, 0) is 0 Å². The quantitative estimate of drug-likeness (QED) is 0.531. The van der Waals surface area contributed by atoms with E-state index in [4.69, 9.17) is 0 Å². The maximum Gasteiger partial charge on any atom is 0.248 e. The first-order valence-electron chi connectivity index (χ1n) is 5.37. The first kappa shape index (κ1) is 10.4. The SMILES string of the molecule is CNN1C(=O)C2C3C(=O)N(C)C(=O)C3C2C1=O. The molecule has 2 heterocycles. The van der Waals surface area contributed by atoms with Gasteiger partial charge in [-0.25, -0.2) is 10.4 Å². The van der Waals surface area contributed by atoms with Crippen LogP contribution in [0.1, 0.15) is 0 Å². The van der Waals surface area contributed by atoms with Gasteiger partial charge in [0.05, 0.1) is 23.7 Å². The van der Waals surface area contributed by atoms with Crippen molar-refractivity contribution in [2.45, 2.75) is 0 Å². The van der Waals surface area contributed by atoms with Crippen LogP contribution in [0.15, 0.2) is 0 Å². The molecule has 1 N–H and O–H groups in total. The molecule has 4 amide bonds. The standard InChI is InChI=1S/C10H11N3O4/c1-11-13-9(16)5-3-4(6(5)10(13)17)8(15)12(2)7(3)14/h3-6,11H,1-2H3. The Hall–Kier alpha value is -1.76. The van der Waals surface area contributed by atoms with Crippen LogP contribution >= 0.6 is 0 Å². The van der Waals surface area contributed by atoms with Crippen molar-refractivity contribution in [2.24, 2.45) is 23.7 Å². The lowest BCUT2D eigenvalue weighted by atomic mass is 9.59. The Bertz CT molecular complexity index is 434. The van der Waals surface area contributed by atoms with Crippen molar-refractivity contribution in [3.63, 3.8) is 0 Å². The molecule has 0 aromatic rings. The average molecular weight is 237 g/mol. The number of hydrogen-bond donors (Lipinski definition) is 1. The number of carbonyl (C=O) groups excluding carboxylic acids is 4. The van der Waals surface area contributed by atoms with E-state index in [2.05, 4.69) is 5.43 Å². The van der Waals surface area contributed by atoms with Crippen molar-refractivity contribution in [1.29, 1.82) is 0 Å². The van der Waals surface area contributed by atoms with E-state index in [1.165, 1.54) is 14.1 Å². The maximum atomic E-state index is 11.9. The summed E-state index contributed by atoms with van der Waals surface area (Å²) in [7, 11) is 2.86. The molecular weight excluding hydrogens is 226 g/mol. The first-order valence-corrected chi connectivity index (χ1v) is 5.37. The smallest absolute Gasteiger partial charge is 0.248 e. The summed E-state index contributed by atoms with van der Waals surface area (Å²) in [6.07, 6.45) is 0. The van der Waals surface area contributed by atoms with Crippen molar-refractivity contribution in [1.82, 2.24) is 15.3 Å². The molecule has 0 radical (unpaired) electrons. The molecule has 4 atom stereocenters. The van der Waals surface area contributed by atoms with Gasteiger partial charge in [0.25, 0.3) is 0 Å². The predicted molar refractivity (Wildman–Crippen MR) is 52.6 cm³/mol. The Morgan fingerprint density at radius 3 is 1.53 bits per heavy atom. The highest BCUT2D eigenvalue weighted by molar-refractivity contribution is 6.17. The van der Waals surface area contributed by atoms with Gasteiger partial charge in [-0.15, -0.1) is 0 Å². The minimum Gasteiger partial charge on any atom is -0.285 e. The molecule has 0 spiro atoms. The number of likely N-dealkylation sites (tertiary alicyclic amines) is 1. The van der Waals surface area contributed by atoms with Crippen LogP contribution in [-0.2, 0) is 19.2 Å². The fourth-order valence-electron chi connectivity index (χ4n) is 3.16. The fourth-order valence-corrected chi connectivity index (χ4v) is 3.16. The van der Waals surface area contributed by atoms with Gasteiger partial charge in [-0.3, -0.25) is 24.1 Å². The zero-order chi connectivity index (χ0) is 12.5. The van der Waals surface area contributed by atoms with Gasteiger partial charge in [0.15, 0.2) is 0 Å². The van der Waals surface area contributed by atoms with Crippen LogP contribution < -0.4 is 5.43 Å². The van der Waals surface area contributed by atoms with Crippen molar-refractivity contribution < 1.29 is 19.2 Å². The molecule has 3 fully saturated rings. The first-order chi connectivity index (χ1) is 8.00. The highest BCUT2D eigenvalue weighted by atomic mass is 16.2. The molecule has 0 bridgehead atoms. The van der Waals surface area contributed by atoms with Gasteiger partial charge in [0.1, 0.15) is 0 Å². The van der Waals surface area contributed by atoms with E-state index in [0.29, 0.717) is 0 Å². The molecule has 17 heavy (non-hydrogen) atoms. The summed E-state index contributed by atoms with van der Waals surface area (Å²) in [6.45, 7) is 0. The lowest BCUT2D eigenvalue weighted by Gasteiger charge is -2.36. The van der Waals surface area contributed by atoms with Gasteiger partial charge < -0.3 is 0 Å². The lowest BCUT2D eigenvalue weighted by molar-refractivity contribution is -0.146. The van der Waals surface area contributed by atoms with E-state index in [-0.39, 0.29) is 11.8 Å². The number of amides is 4. The Kier molecular flexibility index (Phi) is 1.79. The summed E-state index contributed by atoms with van der Waals surface area (Å²) in [6, 6.07) is 0. The third kappa shape index (κ3) is 0.917. The number of carbonyl (C=O) groups is 4. The minimum absolute atomic E-state index is 0.347. The van der Waals surface area contributed by atoms with Crippen LogP contribution in [0, 0.1) is 23.7 Å². The molecule has 2 saturated heterocycles. The summed E-state index contributed by atoms with van der Waals surface area (Å²) in [4.78, 5) is 48.3. The average Bonchev–Trinajstić information content (AvgIpc) is 2.54. The second-order valence-corrected chi connectivity index (χ2v) is 4.57. The third-order valence-corrected chi connectivity index (χ3v) is 4.01. The van der Waals surface area contributed by atoms with Crippen molar-refractivity contribution in [2.75, 3.05) is 14.1 Å². The minimum atomic E-state index is -0.652. The van der Waals surface area contributed by atoms with Crippen LogP contribution in [0.2, 0.25) is 0 Å². The van der Waals surface area contributed by atoms with Gasteiger partial charge in [0.2, 0.25) is 23.6 Å². The number of rotatable bonds is 1. The number of imide groups is 2. The van der Waals surface area contributed by atoms with E-state index in [1.54, 1.807) is 0 Å². The monoisotopic (exact) mass is 237 g/mol. The van der Waals surface area contributed by atoms with Crippen molar-refractivity contribution in [3.8, 4) is 0 Å². The number of nitrogens with zero attached hydrogens (tertiary/aromatic N) is 2. The van der Waals surface area contributed by atoms with Crippen LogP contribution in [0.25, 0.3) is 0 Å². The molecule has 0 aromatic heterocycles. The highest BCUT2D eigenvalue weighted by Crippen LogP contribution is 2.55. The lowest BCUT2D eigenvalue weighted by Crippen LogP contribution is -2.50. The Morgan fingerprint density at radius 1 is 0.824 bits per heavy atom. The number of hydrazine groups is 1. The van der Waals surface area contributed by atoms with E-state index < -0.39 is 35.5 Å². The summed E-state index contributed by atoms with van der Waals surface area (Å²) >= 11 is 0. The molecule has 3 rings (SSSR count). The normalized spacial score (nSPS) is 39.6. The Morgan fingerprint density at radius 2 is 1.18 bits per heavy atom. The number of hydrogen-bond acceptors (Lipinski definition) is 5. The molecular formula is C10H11N3O4. The highest BCUT2D eigenvalue weighted by Gasteiger charge is 2.72. The largest absolute Gasteiger partial charge is 0.285 e. The fraction of sp³-hybridized carbons (Fsp3) is 0.600. The maximum absolute atomic E-state index is 11.9. The number of nitrogens with one attached hydrogen (secondary N) is 1. The second-order valence-electron chi connectivity index (χ2n) is 4.57. The Labute approximate surface area is 96.7 Å². The van der Waals surface area contributed by atoms with Crippen LogP contribution in [0.5, 0.6) is 0 Å². The summed E-state index contributed by atoms with van der Waals surface area (Å²) < 4.78 is 0. The number of fused-ring (bicyclic) bond motifs is 4. The van der Waals surface area contributed by atoms with Crippen molar-refractivity contribution >= 4 is 23.6 Å². The molecule has 3 aliphatic rings. The van der Waals surface area contributed by atoms with Crippen molar-refractivity contribution in [3.05, 3.63) is 0 Å². The molecule has 7 heteroatoms. The molecule has 90 valence electrons. The summed E-state index contributed by atoms with van der Waals surface area (Å²) in [5.41, 5.74) is 2.49. The Balaban J connectivity index is 2.00. The van der Waals surface area contributed by atoms with Gasteiger partial charge in [-0.2, -0.15) is 0 Å². The molecule has 2 aliphatic heterocycles. The van der Waals surface area contributed by atoms with E-state index in [0.717, 1.165) is 9.91 Å². The zero-order valence-electron chi connectivity index (χ0n) is 9.34. The summed E-state index contributed by atoms with van der Waals surface area (Å²) in [5.74, 6) is -4.07. The van der Waals surface area contributed by atoms with E-state index >= 15 is 0 Å². The third-order valence-electron chi connectivity index (χ3n) is 4.01. The van der Waals surface area contributed by atoms with Crippen LogP contribution in [0.4, 0.5) is 0 Å². The van der Waals surface area contributed by atoms with E-state index in [9.17, 15) is 19.2 Å². The molecule has 4 unspecified atom stereocenters. The van der Waals surface area contributed by atoms with Gasteiger partial charge in [0, 0.05) is 14.1 Å². The van der Waals surface area contributed by atoms with Gasteiger partial charge >= 0.3 is 0 Å². The molecule has 0 aromatic carbocycles.